The highest BCUT2D eigenvalue weighted by molar-refractivity contribution is 6.03. The normalized spacial score (nSPS) is 10.8. The largest absolute Gasteiger partial charge is 0.304 e. The van der Waals surface area contributed by atoms with Gasteiger partial charge in [0.25, 0.3) is 5.91 Å². The Hall–Kier alpha value is -3.81. The summed E-state index contributed by atoms with van der Waals surface area (Å²) >= 11 is 0. The van der Waals surface area contributed by atoms with Crippen LogP contribution < -0.4 is 5.32 Å². The number of aryl methyl sites for hydroxylation is 1. The molecule has 0 spiro atoms. The van der Waals surface area contributed by atoms with Gasteiger partial charge in [-0.1, -0.05) is 22.9 Å². The number of hydrogen-bond acceptors (Lipinski definition) is 5. The fraction of sp³-hybridized carbons (Fsp3) is 0.150. The molecule has 0 atom stereocenters. The first-order chi connectivity index (χ1) is 13.6. The van der Waals surface area contributed by atoms with Gasteiger partial charge in [0.1, 0.15) is 0 Å². The van der Waals surface area contributed by atoms with E-state index in [1.807, 2.05) is 56.4 Å². The third-order valence-electron chi connectivity index (χ3n) is 4.36. The summed E-state index contributed by atoms with van der Waals surface area (Å²) in [6.45, 7) is 4.43. The first-order valence-electron chi connectivity index (χ1n) is 8.83. The van der Waals surface area contributed by atoms with Crippen molar-refractivity contribution in [3.05, 3.63) is 83.6 Å². The van der Waals surface area contributed by atoms with E-state index < -0.39 is 0 Å². The van der Waals surface area contributed by atoms with E-state index >= 15 is 0 Å². The maximum Gasteiger partial charge on any atom is 0.279 e. The van der Waals surface area contributed by atoms with Crippen LogP contribution in [0, 0.1) is 13.8 Å². The van der Waals surface area contributed by atoms with Gasteiger partial charge in [-0.15, -0.1) is 5.10 Å². The molecule has 4 aromatic rings. The number of carbonyl (C=O) groups is 1. The molecule has 140 valence electrons. The van der Waals surface area contributed by atoms with Crippen LogP contribution in [0.25, 0.3) is 5.69 Å². The van der Waals surface area contributed by atoms with E-state index in [4.69, 9.17) is 0 Å². The van der Waals surface area contributed by atoms with Gasteiger partial charge in [-0.25, -0.2) is 4.68 Å². The van der Waals surface area contributed by atoms with Gasteiger partial charge in [-0.2, -0.15) is 5.10 Å². The summed E-state index contributed by atoms with van der Waals surface area (Å²) in [5, 5.41) is 15.3. The van der Waals surface area contributed by atoms with E-state index in [1.165, 1.54) is 0 Å². The van der Waals surface area contributed by atoms with Crippen molar-refractivity contribution in [3.8, 4) is 5.69 Å². The summed E-state index contributed by atoms with van der Waals surface area (Å²) in [7, 11) is 0. The van der Waals surface area contributed by atoms with Gasteiger partial charge in [-0.3, -0.25) is 14.5 Å². The number of carbonyl (C=O) groups excluding carboxylic acids is 1. The highest BCUT2D eigenvalue weighted by atomic mass is 16.2. The van der Waals surface area contributed by atoms with Crippen LogP contribution >= 0.6 is 0 Å². The van der Waals surface area contributed by atoms with Crippen molar-refractivity contribution in [3.63, 3.8) is 0 Å². The maximum absolute atomic E-state index is 12.6. The Labute approximate surface area is 161 Å². The molecule has 0 fully saturated rings. The van der Waals surface area contributed by atoms with Crippen molar-refractivity contribution < 1.29 is 4.79 Å². The van der Waals surface area contributed by atoms with Gasteiger partial charge in [0.15, 0.2) is 11.5 Å². The smallest absolute Gasteiger partial charge is 0.279 e. The molecule has 0 unspecified atom stereocenters. The van der Waals surface area contributed by atoms with E-state index in [2.05, 4.69) is 25.7 Å². The van der Waals surface area contributed by atoms with Crippen LogP contribution in [0.5, 0.6) is 0 Å². The summed E-state index contributed by atoms with van der Waals surface area (Å²) in [4.78, 5) is 16.6. The molecule has 0 radical (unpaired) electrons. The van der Waals surface area contributed by atoms with Crippen molar-refractivity contribution in [2.75, 3.05) is 5.32 Å². The van der Waals surface area contributed by atoms with Crippen LogP contribution in [-0.2, 0) is 6.54 Å². The number of pyridine rings is 1. The molecule has 1 amide bonds. The number of rotatable bonds is 5. The number of amides is 1. The minimum absolute atomic E-state index is 0.268. The van der Waals surface area contributed by atoms with Gasteiger partial charge >= 0.3 is 0 Å². The van der Waals surface area contributed by atoms with Crippen LogP contribution in [0.1, 0.15) is 27.3 Å². The highest BCUT2D eigenvalue weighted by Gasteiger charge is 2.18. The fourth-order valence-corrected chi connectivity index (χ4v) is 2.84. The zero-order valence-corrected chi connectivity index (χ0v) is 15.6. The van der Waals surface area contributed by atoms with Crippen LogP contribution in [0.2, 0.25) is 0 Å². The molecular weight excluding hydrogens is 354 g/mol. The second kappa shape index (κ2) is 7.43. The number of benzene rings is 1. The SMILES string of the molecule is Cc1ccc(-n2nnc(C(=O)Nc3ccn(Cc4ccncc4)n3)c2C)cc1. The first-order valence-corrected chi connectivity index (χ1v) is 8.83. The average Bonchev–Trinajstić information content (AvgIpc) is 3.29. The summed E-state index contributed by atoms with van der Waals surface area (Å²) in [6.07, 6.45) is 5.29. The molecule has 8 nitrogen and oxygen atoms in total. The lowest BCUT2D eigenvalue weighted by Gasteiger charge is -2.04. The number of aromatic nitrogens is 6. The van der Waals surface area contributed by atoms with Crippen molar-refractivity contribution in [2.45, 2.75) is 20.4 Å². The molecule has 4 rings (SSSR count). The molecule has 28 heavy (non-hydrogen) atoms. The Balaban J connectivity index is 1.48. The third-order valence-corrected chi connectivity index (χ3v) is 4.36. The zero-order valence-electron chi connectivity index (χ0n) is 15.6. The molecule has 3 aromatic heterocycles. The summed E-state index contributed by atoms with van der Waals surface area (Å²) in [5.41, 5.74) is 4.02. The van der Waals surface area contributed by atoms with E-state index in [9.17, 15) is 4.79 Å². The number of anilines is 1. The highest BCUT2D eigenvalue weighted by Crippen LogP contribution is 2.14. The lowest BCUT2D eigenvalue weighted by Crippen LogP contribution is -2.15. The molecule has 8 heteroatoms. The second-order valence-electron chi connectivity index (χ2n) is 6.48. The molecule has 1 N–H and O–H groups in total. The quantitative estimate of drug-likeness (QED) is 0.581. The molecule has 0 aliphatic rings. The Morgan fingerprint density at radius 3 is 2.54 bits per heavy atom. The monoisotopic (exact) mass is 373 g/mol. The lowest BCUT2D eigenvalue weighted by molar-refractivity contribution is 0.102. The minimum Gasteiger partial charge on any atom is -0.304 e. The predicted octanol–water partition coefficient (Wildman–Crippen LogP) is 2.78. The van der Waals surface area contributed by atoms with Crippen LogP contribution in [-0.4, -0.2) is 35.7 Å². The van der Waals surface area contributed by atoms with Crippen molar-refractivity contribution >= 4 is 11.7 Å². The Bertz CT molecular complexity index is 1100. The zero-order chi connectivity index (χ0) is 19.5. The number of nitrogens with one attached hydrogen (secondary N) is 1. The molecule has 0 saturated heterocycles. The van der Waals surface area contributed by atoms with Gasteiger partial charge in [-0.05, 0) is 43.7 Å². The predicted molar refractivity (Wildman–Crippen MR) is 104 cm³/mol. The Morgan fingerprint density at radius 2 is 1.79 bits per heavy atom. The van der Waals surface area contributed by atoms with Crippen molar-refractivity contribution in [1.82, 2.24) is 29.8 Å². The standard InChI is InChI=1S/C20H19N7O/c1-14-3-5-17(6-4-14)27-15(2)19(23-25-27)20(28)22-18-9-12-26(24-18)13-16-7-10-21-11-8-16/h3-12H,13H2,1-2H3,(H,22,24,28). The van der Waals surface area contributed by atoms with Crippen molar-refractivity contribution in [1.29, 1.82) is 0 Å². The summed E-state index contributed by atoms with van der Waals surface area (Å²) in [5.74, 6) is 0.119. The molecule has 0 aliphatic carbocycles. The van der Waals surface area contributed by atoms with E-state index in [-0.39, 0.29) is 11.6 Å². The molecule has 3 heterocycles. The van der Waals surface area contributed by atoms with Gasteiger partial charge in [0.05, 0.1) is 17.9 Å². The van der Waals surface area contributed by atoms with Crippen LogP contribution in [0.15, 0.2) is 61.1 Å². The third kappa shape index (κ3) is 3.66. The fourth-order valence-electron chi connectivity index (χ4n) is 2.84. The first kappa shape index (κ1) is 17.6. The van der Waals surface area contributed by atoms with Crippen LogP contribution in [0.4, 0.5) is 5.82 Å². The molecule has 0 saturated carbocycles. The topological polar surface area (TPSA) is 90.5 Å². The number of hydrogen-bond donors (Lipinski definition) is 1. The average molecular weight is 373 g/mol. The van der Waals surface area contributed by atoms with Gasteiger partial charge in [0.2, 0.25) is 0 Å². The van der Waals surface area contributed by atoms with E-state index in [0.717, 1.165) is 16.8 Å². The van der Waals surface area contributed by atoms with Gasteiger partial charge in [0, 0.05) is 24.7 Å². The molecular formula is C20H19N7O. The summed E-state index contributed by atoms with van der Waals surface area (Å²) < 4.78 is 3.40. The molecule has 0 aliphatic heterocycles. The Kier molecular flexibility index (Phi) is 4.67. The molecule has 1 aromatic carbocycles. The van der Waals surface area contributed by atoms with Crippen molar-refractivity contribution in [2.24, 2.45) is 0 Å². The minimum atomic E-state index is -0.343. The van der Waals surface area contributed by atoms with Crippen LogP contribution in [0.3, 0.4) is 0 Å². The van der Waals surface area contributed by atoms with Gasteiger partial charge < -0.3 is 5.32 Å². The van der Waals surface area contributed by atoms with E-state index in [1.54, 1.807) is 27.8 Å². The summed E-state index contributed by atoms with van der Waals surface area (Å²) in [6, 6.07) is 13.5. The number of nitrogens with zero attached hydrogens (tertiary/aromatic N) is 6. The Morgan fingerprint density at radius 1 is 1.04 bits per heavy atom. The van der Waals surface area contributed by atoms with E-state index in [0.29, 0.717) is 18.1 Å². The molecule has 0 bridgehead atoms. The lowest BCUT2D eigenvalue weighted by atomic mass is 10.2. The second-order valence-corrected chi connectivity index (χ2v) is 6.48. The maximum atomic E-state index is 12.6.